The van der Waals surface area contributed by atoms with Crippen molar-refractivity contribution in [1.29, 1.82) is 0 Å². The van der Waals surface area contributed by atoms with Crippen molar-refractivity contribution < 1.29 is 9.53 Å². The Bertz CT molecular complexity index is 526. The minimum atomic E-state index is -0.00600. The first kappa shape index (κ1) is 13.9. The van der Waals surface area contributed by atoms with Crippen LogP contribution < -0.4 is 0 Å². The molecule has 0 saturated carbocycles. The van der Waals surface area contributed by atoms with E-state index in [1.807, 2.05) is 30.3 Å². The molecule has 1 heterocycles. The fourth-order valence-electron chi connectivity index (χ4n) is 1.61. The van der Waals surface area contributed by atoms with Crippen molar-refractivity contribution in [3.63, 3.8) is 0 Å². The number of carbonyl (C=O) groups is 1. The van der Waals surface area contributed by atoms with Gasteiger partial charge in [-0.1, -0.05) is 34.1 Å². The van der Waals surface area contributed by atoms with Gasteiger partial charge in [0, 0.05) is 28.3 Å². The van der Waals surface area contributed by atoms with Crippen LogP contribution in [0.2, 0.25) is 0 Å². The van der Waals surface area contributed by atoms with Crippen LogP contribution in [0.4, 0.5) is 0 Å². The number of halogens is 1. The molecule has 0 spiro atoms. The molecule has 0 N–H and O–H groups in total. The summed E-state index contributed by atoms with van der Waals surface area (Å²) in [5, 5.41) is 0. The van der Waals surface area contributed by atoms with Crippen molar-refractivity contribution in [2.75, 3.05) is 13.2 Å². The molecule has 19 heavy (non-hydrogen) atoms. The molecule has 98 valence electrons. The van der Waals surface area contributed by atoms with Gasteiger partial charge in [-0.2, -0.15) is 0 Å². The van der Waals surface area contributed by atoms with Gasteiger partial charge in [-0.05, 0) is 24.3 Å². The van der Waals surface area contributed by atoms with Crippen LogP contribution in [0.15, 0.2) is 53.1 Å². The van der Waals surface area contributed by atoms with Gasteiger partial charge in [-0.3, -0.25) is 9.78 Å². The number of rotatable bonds is 6. The molecule has 0 radical (unpaired) electrons. The molecular weight excluding hydrogens is 306 g/mol. The number of ketones is 1. The fourth-order valence-corrected chi connectivity index (χ4v) is 1.87. The topological polar surface area (TPSA) is 39.2 Å². The zero-order valence-corrected chi connectivity index (χ0v) is 12.0. The lowest BCUT2D eigenvalue weighted by atomic mass is 10.1. The Labute approximate surface area is 120 Å². The van der Waals surface area contributed by atoms with Gasteiger partial charge < -0.3 is 4.74 Å². The van der Waals surface area contributed by atoms with Gasteiger partial charge >= 0.3 is 0 Å². The van der Waals surface area contributed by atoms with E-state index in [9.17, 15) is 4.79 Å². The number of Topliss-reactive ketones (excluding diaryl/α,β-unsaturated/α-hetero) is 1. The first-order valence-corrected chi connectivity index (χ1v) is 6.81. The average molecular weight is 320 g/mol. The molecule has 1 aromatic carbocycles. The van der Waals surface area contributed by atoms with Gasteiger partial charge in [0.2, 0.25) is 0 Å². The van der Waals surface area contributed by atoms with Crippen molar-refractivity contribution in [3.05, 3.63) is 64.4 Å². The van der Waals surface area contributed by atoms with Crippen LogP contribution in [0.3, 0.4) is 0 Å². The predicted octanol–water partition coefficient (Wildman–Crippen LogP) is 3.29. The highest BCUT2D eigenvalue weighted by atomic mass is 79.9. The summed E-state index contributed by atoms with van der Waals surface area (Å²) in [7, 11) is 0. The van der Waals surface area contributed by atoms with Gasteiger partial charge in [0.25, 0.3) is 0 Å². The fraction of sp³-hybridized carbons (Fsp3) is 0.200. The van der Waals surface area contributed by atoms with Crippen LogP contribution in [-0.4, -0.2) is 24.0 Å². The molecule has 3 nitrogen and oxygen atoms in total. The number of benzene rings is 1. The summed E-state index contributed by atoms with van der Waals surface area (Å²) in [6.07, 6.45) is 2.47. The lowest BCUT2D eigenvalue weighted by Crippen LogP contribution is -2.11. The molecular formula is C15H14BrNO2. The predicted molar refractivity (Wildman–Crippen MR) is 77.2 cm³/mol. The average Bonchev–Trinajstić information content (AvgIpc) is 2.45. The maximum Gasteiger partial charge on any atom is 0.188 e. The largest absolute Gasteiger partial charge is 0.373 e. The Hall–Kier alpha value is -1.52. The molecule has 0 atom stereocenters. The molecule has 1 aromatic heterocycles. The molecule has 2 aromatic rings. The molecule has 0 aliphatic rings. The molecule has 0 aliphatic carbocycles. The Morgan fingerprint density at radius 3 is 2.63 bits per heavy atom. The zero-order chi connectivity index (χ0) is 13.5. The number of nitrogens with zero attached hydrogens (tertiary/aromatic N) is 1. The van der Waals surface area contributed by atoms with E-state index in [-0.39, 0.29) is 12.4 Å². The number of hydrogen-bond donors (Lipinski definition) is 0. The third-order valence-electron chi connectivity index (χ3n) is 2.63. The summed E-state index contributed by atoms with van der Waals surface area (Å²) in [6.45, 7) is 0.605. The highest BCUT2D eigenvalue weighted by Gasteiger charge is 2.05. The molecule has 0 saturated heterocycles. The first-order valence-electron chi connectivity index (χ1n) is 6.02. The Balaban J connectivity index is 1.74. The minimum Gasteiger partial charge on any atom is -0.373 e. The Kier molecular flexibility index (Phi) is 5.24. The molecule has 2 rings (SSSR count). The normalized spacial score (nSPS) is 10.4. The maximum atomic E-state index is 11.8. The van der Waals surface area contributed by atoms with Gasteiger partial charge in [0.15, 0.2) is 5.78 Å². The number of pyridine rings is 1. The van der Waals surface area contributed by atoms with Gasteiger partial charge in [-0.15, -0.1) is 0 Å². The van der Waals surface area contributed by atoms with Crippen LogP contribution in [-0.2, 0) is 11.2 Å². The van der Waals surface area contributed by atoms with E-state index in [0.717, 1.165) is 10.2 Å². The number of hydrogen-bond acceptors (Lipinski definition) is 3. The van der Waals surface area contributed by atoms with Gasteiger partial charge in [0.05, 0.1) is 6.61 Å². The van der Waals surface area contributed by atoms with Crippen LogP contribution in [0.5, 0.6) is 0 Å². The molecule has 0 aliphatic heterocycles. The van der Waals surface area contributed by atoms with Crippen LogP contribution in [0, 0.1) is 0 Å². The smallest absolute Gasteiger partial charge is 0.188 e. The lowest BCUT2D eigenvalue weighted by Gasteiger charge is -2.04. The number of carbonyl (C=O) groups excluding carboxylic acids is 1. The second-order valence-electron chi connectivity index (χ2n) is 4.05. The van der Waals surface area contributed by atoms with Crippen molar-refractivity contribution in [1.82, 2.24) is 4.98 Å². The summed E-state index contributed by atoms with van der Waals surface area (Å²) in [5.41, 5.74) is 1.64. The van der Waals surface area contributed by atoms with E-state index in [2.05, 4.69) is 20.9 Å². The van der Waals surface area contributed by atoms with Crippen LogP contribution in [0.1, 0.15) is 16.1 Å². The van der Waals surface area contributed by atoms with Gasteiger partial charge in [0.1, 0.15) is 6.61 Å². The first-order chi connectivity index (χ1) is 9.25. The van der Waals surface area contributed by atoms with Gasteiger partial charge in [-0.25, -0.2) is 0 Å². The number of ether oxygens (including phenoxy) is 1. The maximum absolute atomic E-state index is 11.8. The second-order valence-corrected chi connectivity index (χ2v) is 4.97. The minimum absolute atomic E-state index is 0.00600. The summed E-state index contributed by atoms with van der Waals surface area (Å²) in [4.78, 5) is 16.0. The summed E-state index contributed by atoms with van der Waals surface area (Å²) in [5.74, 6) is -0.00600. The summed E-state index contributed by atoms with van der Waals surface area (Å²) in [6, 6.07) is 13.0. The summed E-state index contributed by atoms with van der Waals surface area (Å²) < 4.78 is 6.34. The van der Waals surface area contributed by atoms with Crippen LogP contribution in [0.25, 0.3) is 0 Å². The quantitative estimate of drug-likeness (QED) is 0.606. The lowest BCUT2D eigenvalue weighted by molar-refractivity contribution is 0.0764. The van der Waals surface area contributed by atoms with Crippen molar-refractivity contribution in [2.24, 2.45) is 0 Å². The van der Waals surface area contributed by atoms with Crippen molar-refractivity contribution in [2.45, 2.75) is 6.42 Å². The third kappa shape index (κ3) is 4.58. The molecule has 0 unspecified atom stereocenters. The van der Waals surface area contributed by atoms with Crippen molar-refractivity contribution >= 4 is 21.7 Å². The van der Waals surface area contributed by atoms with Crippen molar-refractivity contribution in [3.8, 4) is 0 Å². The standard InChI is InChI=1S/C15H14BrNO2/c16-13-6-4-12(5-7-13)15(18)11-19-10-8-14-3-1-2-9-17-14/h1-7,9H,8,10-11H2. The van der Waals surface area contributed by atoms with Crippen LogP contribution >= 0.6 is 15.9 Å². The second kappa shape index (κ2) is 7.16. The van der Waals surface area contributed by atoms with E-state index >= 15 is 0 Å². The molecule has 0 bridgehead atoms. The van der Waals surface area contributed by atoms with E-state index in [0.29, 0.717) is 18.6 Å². The third-order valence-corrected chi connectivity index (χ3v) is 3.16. The van der Waals surface area contributed by atoms with E-state index < -0.39 is 0 Å². The highest BCUT2D eigenvalue weighted by molar-refractivity contribution is 9.10. The molecule has 4 heteroatoms. The summed E-state index contributed by atoms with van der Waals surface area (Å²) >= 11 is 3.33. The van der Waals surface area contributed by atoms with E-state index in [1.54, 1.807) is 18.3 Å². The number of aromatic nitrogens is 1. The van der Waals surface area contributed by atoms with E-state index in [4.69, 9.17) is 4.74 Å². The Morgan fingerprint density at radius 1 is 1.16 bits per heavy atom. The SMILES string of the molecule is O=C(COCCc1ccccn1)c1ccc(Br)cc1. The molecule has 0 fully saturated rings. The zero-order valence-electron chi connectivity index (χ0n) is 10.4. The Morgan fingerprint density at radius 2 is 1.95 bits per heavy atom. The van der Waals surface area contributed by atoms with E-state index in [1.165, 1.54) is 0 Å². The highest BCUT2D eigenvalue weighted by Crippen LogP contribution is 2.11. The monoisotopic (exact) mass is 319 g/mol. The molecule has 0 amide bonds.